The van der Waals surface area contributed by atoms with Crippen LogP contribution in [0.4, 0.5) is 11.4 Å². The fourth-order valence-electron chi connectivity index (χ4n) is 2.11. The van der Waals surface area contributed by atoms with Crippen LogP contribution in [0, 0.1) is 13.8 Å². The zero-order valence-electron chi connectivity index (χ0n) is 14.7. The largest absolute Gasteiger partial charge is 0.383 e. The second kappa shape index (κ2) is 9.15. The fourth-order valence-corrected chi connectivity index (χ4v) is 2.38. The van der Waals surface area contributed by atoms with Crippen LogP contribution < -0.4 is 10.6 Å². The molecule has 1 atom stereocenters. The van der Waals surface area contributed by atoms with Gasteiger partial charge in [0.25, 0.3) is 11.8 Å². The van der Waals surface area contributed by atoms with Gasteiger partial charge < -0.3 is 15.5 Å². The number of rotatable bonds is 6. The maximum absolute atomic E-state index is 12.0. The van der Waals surface area contributed by atoms with Gasteiger partial charge in [0.2, 0.25) is 6.10 Å². The van der Waals surface area contributed by atoms with Gasteiger partial charge in [-0.15, -0.1) is 0 Å². The first-order chi connectivity index (χ1) is 12.3. The molecule has 6 nitrogen and oxygen atoms in total. The first-order valence-electron chi connectivity index (χ1n) is 7.99. The first kappa shape index (κ1) is 19.7. The molecule has 136 valence electrons. The van der Waals surface area contributed by atoms with E-state index in [9.17, 15) is 9.59 Å². The highest BCUT2D eigenvalue weighted by atomic mass is 79.9. The van der Waals surface area contributed by atoms with Gasteiger partial charge in [-0.05, 0) is 56.7 Å². The van der Waals surface area contributed by atoms with E-state index in [-0.39, 0.29) is 5.91 Å². The molecule has 0 aliphatic carbocycles. The summed E-state index contributed by atoms with van der Waals surface area (Å²) in [5.74, 6) is -0.795. The molecule has 0 spiro atoms. The van der Waals surface area contributed by atoms with Crippen LogP contribution in [0.1, 0.15) is 18.1 Å². The number of hydrogen-bond acceptors (Lipinski definition) is 4. The summed E-state index contributed by atoms with van der Waals surface area (Å²) in [5, 5.41) is 9.00. The van der Waals surface area contributed by atoms with Gasteiger partial charge in [0.05, 0.1) is 0 Å². The third kappa shape index (κ3) is 6.00. The van der Waals surface area contributed by atoms with Crippen LogP contribution >= 0.6 is 15.9 Å². The van der Waals surface area contributed by atoms with Gasteiger partial charge in [-0.25, -0.2) is 0 Å². The lowest BCUT2D eigenvalue weighted by molar-refractivity contribution is -0.126. The zero-order valence-corrected chi connectivity index (χ0v) is 16.3. The number of amides is 2. The Morgan fingerprint density at radius 2 is 1.81 bits per heavy atom. The highest BCUT2D eigenvalue weighted by Crippen LogP contribution is 2.16. The van der Waals surface area contributed by atoms with Crippen molar-refractivity contribution in [3.8, 4) is 0 Å². The summed E-state index contributed by atoms with van der Waals surface area (Å²) in [7, 11) is 0. The molecule has 0 radical (unpaired) electrons. The van der Waals surface area contributed by atoms with Crippen LogP contribution in [0.15, 0.2) is 52.1 Å². The van der Waals surface area contributed by atoms with Gasteiger partial charge in [-0.3, -0.25) is 9.59 Å². The van der Waals surface area contributed by atoms with Crippen molar-refractivity contribution < 1.29 is 14.4 Å². The number of anilines is 2. The predicted molar refractivity (Wildman–Crippen MR) is 106 cm³/mol. The number of hydrogen-bond donors (Lipinski definition) is 2. The summed E-state index contributed by atoms with van der Waals surface area (Å²) < 4.78 is 0.916. The van der Waals surface area contributed by atoms with E-state index < -0.39 is 12.0 Å². The predicted octanol–water partition coefficient (Wildman–Crippen LogP) is 4.03. The number of carbonyl (C=O) groups is 2. The second-order valence-electron chi connectivity index (χ2n) is 5.79. The quantitative estimate of drug-likeness (QED) is 0.549. The van der Waals surface area contributed by atoms with Crippen molar-refractivity contribution in [2.75, 3.05) is 10.6 Å². The van der Waals surface area contributed by atoms with E-state index in [1.807, 2.05) is 44.2 Å². The molecule has 0 saturated carbocycles. The average Bonchev–Trinajstić information content (AvgIpc) is 2.59. The lowest BCUT2D eigenvalue weighted by atomic mass is 10.1. The van der Waals surface area contributed by atoms with Gasteiger partial charge >= 0.3 is 0 Å². The minimum Gasteiger partial charge on any atom is -0.383 e. The Hall–Kier alpha value is -2.67. The van der Waals surface area contributed by atoms with Crippen molar-refractivity contribution >= 4 is 45.3 Å². The Bertz CT molecular complexity index is 819. The Morgan fingerprint density at radius 1 is 1.12 bits per heavy atom. The average molecular weight is 418 g/mol. The summed E-state index contributed by atoms with van der Waals surface area (Å²) >= 11 is 3.33. The molecule has 2 aromatic rings. The highest BCUT2D eigenvalue weighted by molar-refractivity contribution is 9.10. The van der Waals surface area contributed by atoms with Crippen LogP contribution in [0.25, 0.3) is 0 Å². The minimum absolute atomic E-state index is 0.362. The van der Waals surface area contributed by atoms with Crippen LogP contribution in [-0.2, 0) is 14.4 Å². The number of oxime groups is 1. The van der Waals surface area contributed by atoms with Crippen molar-refractivity contribution in [3.05, 3.63) is 58.1 Å². The molecule has 0 saturated heterocycles. The Balaban J connectivity index is 1.83. The van der Waals surface area contributed by atoms with Crippen molar-refractivity contribution in [2.45, 2.75) is 26.9 Å². The zero-order chi connectivity index (χ0) is 19.1. The second-order valence-corrected chi connectivity index (χ2v) is 6.70. The summed E-state index contributed by atoms with van der Waals surface area (Å²) in [4.78, 5) is 28.9. The molecule has 0 aliphatic heterocycles. The molecule has 2 amide bonds. The molecule has 0 bridgehead atoms. The highest BCUT2D eigenvalue weighted by Gasteiger charge is 2.14. The van der Waals surface area contributed by atoms with Gasteiger partial charge in [0, 0.05) is 15.8 Å². The number of nitrogens with one attached hydrogen (secondary N) is 2. The molecular formula is C19H20BrN3O3. The SMILES string of the molecule is Cc1ccc(NC(=O)/C=N\O[C@H](C)C(=O)Nc2ccc(Br)cc2)c(C)c1. The van der Waals surface area contributed by atoms with E-state index in [0.717, 1.165) is 21.8 Å². The van der Waals surface area contributed by atoms with Crippen LogP contribution in [0.2, 0.25) is 0 Å². The molecule has 2 N–H and O–H groups in total. The van der Waals surface area contributed by atoms with E-state index in [2.05, 4.69) is 31.7 Å². The number of nitrogens with zero attached hydrogens (tertiary/aromatic N) is 1. The maximum Gasteiger partial charge on any atom is 0.270 e. The van der Waals surface area contributed by atoms with Crippen molar-refractivity contribution in [1.82, 2.24) is 0 Å². The fraction of sp³-hybridized carbons (Fsp3) is 0.211. The first-order valence-corrected chi connectivity index (χ1v) is 8.78. The van der Waals surface area contributed by atoms with Crippen LogP contribution in [0.5, 0.6) is 0 Å². The smallest absolute Gasteiger partial charge is 0.270 e. The molecule has 0 aliphatic rings. The van der Waals surface area contributed by atoms with E-state index in [1.54, 1.807) is 19.1 Å². The third-order valence-electron chi connectivity index (χ3n) is 3.51. The Kier molecular flexibility index (Phi) is 6.91. The number of carbonyl (C=O) groups excluding carboxylic acids is 2. The number of aryl methyl sites for hydroxylation is 2. The molecule has 26 heavy (non-hydrogen) atoms. The Labute approximate surface area is 160 Å². The van der Waals surface area contributed by atoms with E-state index in [0.29, 0.717) is 11.4 Å². The summed E-state index contributed by atoms with van der Waals surface area (Å²) in [6.07, 6.45) is 0.159. The van der Waals surface area contributed by atoms with E-state index >= 15 is 0 Å². The monoisotopic (exact) mass is 417 g/mol. The topological polar surface area (TPSA) is 79.8 Å². The van der Waals surface area contributed by atoms with Crippen molar-refractivity contribution in [3.63, 3.8) is 0 Å². The Morgan fingerprint density at radius 3 is 2.46 bits per heavy atom. The molecule has 0 fully saturated rings. The number of benzene rings is 2. The summed E-state index contributed by atoms with van der Waals surface area (Å²) in [5.41, 5.74) is 3.41. The van der Waals surface area contributed by atoms with Crippen molar-refractivity contribution in [1.29, 1.82) is 0 Å². The maximum atomic E-state index is 12.0. The molecule has 0 aromatic heterocycles. The molecule has 2 rings (SSSR count). The standard InChI is InChI=1S/C19H20BrN3O3/c1-12-4-9-17(13(2)10-12)23-18(24)11-21-26-14(3)19(25)22-16-7-5-15(20)6-8-16/h4-11,14H,1-3H3,(H,22,25)(H,23,24)/b21-11-/t14-/m1/s1. The molecule has 0 heterocycles. The number of halogens is 1. The van der Waals surface area contributed by atoms with E-state index in [4.69, 9.17) is 4.84 Å². The van der Waals surface area contributed by atoms with Crippen LogP contribution in [0.3, 0.4) is 0 Å². The lowest BCUT2D eigenvalue weighted by Crippen LogP contribution is -2.26. The summed E-state index contributed by atoms with van der Waals surface area (Å²) in [6.45, 7) is 5.44. The third-order valence-corrected chi connectivity index (χ3v) is 4.04. The van der Waals surface area contributed by atoms with Gasteiger partial charge in [0.15, 0.2) is 0 Å². The van der Waals surface area contributed by atoms with Gasteiger partial charge in [-0.2, -0.15) is 0 Å². The molecule has 0 unspecified atom stereocenters. The van der Waals surface area contributed by atoms with E-state index in [1.165, 1.54) is 0 Å². The van der Waals surface area contributed by atoms with Crippen molar-refractivity contribution in [2.24, 2.45) is 5.16 Å². The normalized spacial score (nSPS) is 11.8. The summed E-state index contributed by atoms with van der Waals surface area (Å²) in [6, 6.07) is 12.9. The molecular weight excluding hydrogens is 398 g/mol. The minimum atomic E-state index is -0.844. The lowest BCUT2D eigenvalue weighted by Gasteiger charge is -2.10. The van der Waals surface area contributed by atoms with Crippen LogP contribution in [-0.4, -0.2) is 24.1 Å². The molecule has 7 heteroatoms. The molecule has 2 aromatic carbocycles. The van der Waals surface area contributed by atoms with Gasteiger partial charge in [0.1, 0.15) is 6.21 Å². The van der Waals surface area contributed by atoms with Gasteiger partial charge in [-0.1, -0.05) is 38.8 Å².